The Labute approximate surface area is 385 Å². The number of aliphatic hydroxyl groups excluding tert-OH is 2. The summed E-state index contributed by atoms with van der Waals surface area (Å²) in [4.78, 5) is 11.2. The molecule has 11 heteroatoms. The van der Waals surface area contributed by atoms with Crippen LogP contribution in [0.1, 0.15) is 142 Å². The molecule has 4 saturated heterocycles. The molecule has 5 heterocycles. The lowest BCUT2D eigenvalue weighted by atomic mass is 9.44. The third-order valence-electron chi connectivity index (χ3n) is 23.2. The Morgan fingerprint density at radius 3 is 1.71 bits per heavy atom. The number of fused-ring (bicyclic) bond motifs is 16. The molecule has 8 aliphatic carbocycles. The van der Waals surface area contributed by atoms with Gasteiger partial charge in [-0.3, -0.25) is 9.97 Å². The monoisotopic (exact) mass is 897 g/mol. The predicted octanol–water partition coefficient (Wildman–Crippen LogP) is 6.33. The molecule has 4 aliphatic heterocycles. The van der Waals surface area contributed by atoms with E-state index in [9.17, 15) is 25.5 Å². The summed E-state index contributed by atoms with van der Waals surface area (Å²) in [7, 11) is 0. The van der Waals surface area contributed by atoms with Crippen LogP contribution in [0.25, 0.3) is 0 Å². The van der Waals surface area contributed by atoms with Crippen LogP contribution in [0, 0.1) is 74.9 Å². The van der Waals surface area contributed by atoms with Crippen molar-refractivity contribution >= 4 is 0 Å². The molecule has 1 aromatic rings. The van der Waals surface area contributed by atoms with Gasteiger partial charge in [0.15, 0.2) is 11.6 Å². The summed E-state index contributed by atoms with van der Waals surface area (Å²) in [6.45, 7) is 17.8. The third kappa shape index (κ3) is 5.25. The van der Waals surface area contributed by atoms with Crippen molar-refractivity contribution in [3.63, 3.8) is 0 Å². The Balaban J connectivity index is 0.760. The van der Waals surface area contributed by atoms with Gasteiger partial charge >= 0.3 is 0 Å². The molecular formula is C54H76N2O9. The first-order valence-electron chi connectivity index (χ1n) is 26.0. The zero-order valence-electron chi connectivity index (χ0n) is 40.2. The maximum atomic E-state index is 12.9. The van der Waals surface area contributed by atoms with Gasteiger partial charge in [0.25, 0.3) is 0 Å². The number of ether oxygens (including phenoxy) is 4. The third-order valence-corrected chi connectivity index (χ3v) is 23.2. The highest BCUT2D eigenvalue weighted by Gasteiger charge is 2.77. The highest BCUT2D eigenvalue weighted by atomic mass is 16.7. The van der Waals surface area contributed by atoms with E-state index in [4.69, 9.17) is 28.9 Å². The van der Waals surface area contributed by atoms with Crippen molar-refractivity contribution in [2.75, 3.05) is 13.2 Å². The molecule has 12 aliphatic rings. The van der Waals surface area contributed by atoms with Crippen LogP contribution < -0.4 is 0 Å². The smallest absolute Gasteiger partial charge is 0.174 e. The van der Waals surface area contributed by atoms with Crippen molar-refractivity contribution < 1.29 is 44.5 Å². The van der Waals surface area contributed by atoms with Gasteiger partial charge in [-0.25, -0.2) is 0 Å². The van der Waals surface area contributed by atoms with E-state index in [-0.39, 0.29) is 65.2 Å². The van der Waals surface area contributed by atoms with Crippen molar-refractivity contribution in [2.24, 2.45) is 74.9 Å². The van der Waals surface area contributed by atoms with Gasteiger partial charge in [0, 0.05) is 41.4 Å². The number of hydrogen-bond acceptors (Lipinski definition) is 11. The van der Waals surface area contributed by atoms with Crippen LogP contribution in [0.5, 0.6) is 0 Å². The van der Waals surface area contributed by atoms with E-state index >= 15 is 0 Å². The molecule has 0 radical (unpaired) electrons. The van der Waals surface area contributed by atoms with Crippen LogP contribution in [0.3, 0.4) is 0 Å². The number of aromatic nitrogens is 2. The first kappa shape index (κ1) is 43.2. The Morgan fingerprint density at radius 2 is 1.15 bits per heavy atom. The Kier molecular flexibility index (Phi) is 8.73. The lowest BCUT2D eigenvalue weighted by molar-refractivity contribution is -0.289. The van der Waals surface area contributed by atoms with Gasteiger partial charge in [-0.15, -0.1) is 0 Å². The van der Waals surface area contributed by atoms with Gasteiger partial charge < -0.3 is 44.5 Å². The van der Waals surface area contributed by atoms with Gasteiger partial charge in [0.1, 0.15) is 11.7 Å². The first-order valence-corrected chi connectivity index (χ1v) is 26.0. The number of rotatable bonds is 0. The van der Waals surface area contributed by atoms with Crippen molar-refractivity contribution in [2.45, 2.75) is 198 Å². The second kappa shape index (κ2) is 13.1. The molecule has 0 amide bonds. The molecule has 5 N–H and O–H groups in total. The summed E-state index contributed by atoms with van der Waals surface area (Å²) in [6.07, 6.45) is 14.6. The molecule has 13 rings (SSSR count). The summed E-state index contributed by atoms with van der Waals surface area (Å²) in [6, 6.07) is 0. The van der Waals surface area contributed by atoms with Crippen LogP contribution >= 0.6 is 0 Å². The zero-order chi connectivity index (χ0) is 45.4. The fraction of sp³-hybridized carbons (Fsp3) is 0.852. The van der Waals surface area contributed by atoms with Crippen LogP contribution in [-0.4, -0.2) is 102 Å². The summed E-state index contributed by atoms with van der Waals surface area (Å²) in [5.41, 5.74) is 3.00. The molecule has 0 bridgehead atoms. The molecule has 22 unspecified atom stereocenters. The summed E-state index contributed by atoms with van der Waals surface area (Å²) in [5, 5.41) is 59.2. The van der Waals surface area contributed by atoms with E-state index in [1.165, 1.54) is 28.2 Å². The predicted molar refractivity (Wildman–Crippen MR) is 240 cm³/mol. The molecule has 1 aromatic heterocycles. The molecule has 8 fully saturated rings. The van der Waals surface area contributed by atoms with Crippen LogP contribution in [0.4, 0.5) is 0 Å². The maximum Gasteiger partial charge on any atom is 0.174 e. The van der Waals surface area contributed by atoms with E-state index in [1.54, 1.807) is 6.92 Å². The second-order valence-corrected chi connectivity index (χ2v) is 26.2. The van der Waals surface area contributed by atoms with Crippen LogP contribution in [-0.2, 0) is 44.6 Å². The van der Waals surface area contributed by atoms with E-state index in [2.05, 4.69) is 46.8 Å². The van der Waals surface area contributed by atoms with E-state index in [0.29, 0.717) is 55.8 Å². The van der Waals surface area contributed by atoms with E-state index < -0.39 is 52.1 Å². The average Bonchev–Trinajstić information content (AvgIpc) is 3.86. The summed E-state index contributed by atoms with van der Waals surface area (Å²) in [5.74, 6) is 0.408. The molecule has 356 valence electrons. The molecule has 11 nitrogen and oxygen atoms in total. The Bertz CT molecular complexity index is 2270. The summed E-state index contributed by atoms with van der Waals surface area (Å²) >= 11 is 0. The van der Waals surface area contributed by atoms with Gasteiger partial charge in [-0.05, 0) is 137 Å². The minimum absolute atomic E-state index is 0.0122. The fourth-order valence-electron chi connectivity index (χ4n) is 19.0. The van der Waals surface area contributed by atoms with Gasteiger partial charge in [-0.1, -0.05) is 64.8 Å². The highest BCUT2D eigenvalue weighted by molar-refractivity contribution is 5.43. The molecule has 2 spiro atoms. The first-order chi connectivity index (χ1) is 30.5. The molecule has 65 heavy (non-hydrogen) atoms. The van der Waals surface area contributed by atoms with Gasteiger partial charge in [-0.2, -0.15) is 0 Å². The Morgan fingerprint density at radius 1 is 0.615 bits per heavy atom. The number of nitrogens with zero attached hydrogens (tertiary/aromatic N) is 2. The quantitative estimate of drug-likeness (QED) is 0.185. The van der Waals surface area contributed by atoms with Crippen molar-refractivity contribution in [3.8, 4) is 0 Å². The number of aliphatic hydroxyl groups is 5. The zero-order valence-corrected chi connectivity index (χ0v) is 40.2. The largest absolute Gasteiger partial charge is 0.392 e. The average molecular weight is 897 g/mol. The lowest BCUT2D eigenvalue weighted by Gasteiger charge is -2.61. The van der Waals surface area contributed by atoms with E-state index in [0.717, 1.165) is 63.5 Å². The maximum absolute atomic E-state index is 12.9. The lowest BCUT2D eigenvalue weighted by Crippen LogP contribution is -2.64. The van der Waals surface area contributed by atoms with Gasteiger partial charge in [0.05, 0.1) is 65.5 Å². The minimum atomic E-state index is -1.31. The molecule has 4 saturated carbocycles. The van der Waals surface area contributed by atoms with Crippen LogP contribution in [0.2, 0.25) is 0 Å². The molecule has 22 atom stereocenters. The van der Waals surface area contributed by atoms with Crippen molar-refractivity contribution in [1.82, 2.24) is 9.97 Å². The van der Waals surface area contributed by atoms with Crippen molar-refractivity contribution in [1.29, 1.82) is 0 Å². The Hall–Kier alpha value is -1.80. The molecule has 0 aromatic carbocycles. The van der Waals surface area contributed by atoms with E-state index in [1.807, 2.05) is 13.8 Å². The minimum Gasteiger partial charge on any atom is -0.392 e. The SMILES string of the molecule is CC1C2C(C=C3C4CCC5Cc6nc7c(nc6CC5(C)C4CC(O)C32C)CC2CCC3C4=CC5OC6(CCC(C)(O)CO6)C(C)C5(O)C4(C)C(O)CC3C2(C)C7)OC12CCC(C)(O)CO2. The molecular weight excluding hydrogens is 821 g/mol. The van der Waals surface area contributed by atoms with Gasteiger partial charge in [0.2, 0.25) is 0 Å². The second-order valence-electron chi connectivity index (χ2n) is 26.2. The number of hydrogen-bond donors (Lipinski definition) is 5. The normalized spacial score (nSPS) is 59.1. The highest BCUT2D eigenvalue weighted by Crippen LogP contribution is 2.72. The van der Waals surface area contributed by atoms with Crippen LogP contribution in [0.15, 0.2) is 23.3 Å². The fourth-order valence-corrected chi connectivity index (χ4v) is 19.0. The standard InChI is InChI=1S/C54H76N2O9/c1-27-45-41(64-52(27)15-13-46(3,59)25-62-52)19-35-31-11-9-29-17-37-39(23-48(29,5)33(31)20-42(57)50(35,45)7)55-38-18-30-10-12-32-34(49(30,6)24-40(38)56-37)21-43(58)51(8)36(32)22-44-54(51,61)28(2)53(65-44)16-14-47(4,60)26-63-53/h19,22,27-34,41-45,57-61H,9-18,20-21,23-26H2,1-8H3. The van der Waals surface area contributed by atoms with Crippen molar-refractivity contribution in [3.05, 3.63) is 46.1 Å². The summed E-state index contributed by atoms with van der Waals surface area (Å²) < 4.78 is 26.4. The topological polar surface area (TPSA) is 164 Å².